The van der Waals surface area contributed by atoms with Crippen molar-refractivity contribution in [2.45, 2.75) is 25.6 Å². The predicted molar refractivity (Wildman–Crippen MR) is 87.8 cm³/mol. The molecule has 0 N–H and O–H groups in total. The number of halogens is 1. The molecule has 21 heavy (non-hydrogen) atoms. The van der Waals surface area contributed by atoms with E-state index in [9.17, 15) is 0 Å². The summed E-state index contributed by atoms with van der Waals surface area (Å²) in [5, 5.41) is -0.0911. The van der Waals surface area contributed by atoms with Crippen molar-refractivity contribution in [1.82, 2.24) is 0 Å². The molecule has 0 amide bonds. The van der Waals surface area contributed by atoms with Crippen molar-refractivity contribution >= 4 is 11.6 Å². The maximum Gasteiger partial charge on any atom is 0.161 e. The summed E-state index contributed by atoms with van der Waals surface area (Å²) in [5.74, 6) is 1.45. The molecular formula is C18H21ClO2. The lowest BCUT2D eigenvalue weighted by Gasteiger charge is -2.17. The molecule has 0 fully saturated rings. The van der Waals surface area contributed by atoms with Crippen LogP contribution in [0.2, 0.25) is 0 Å². The van der Waals surface area contributed by atoms with E-state index >= 15 is 0 Å². The van der Waals surface area contributed by atoms with E-state index in [0.717, 1.165) is 23.3 Å². The van der Waals surface area contributed by atoms with Gasteiger partial charge in [0.05, 0.1) is 19.6 Å². The zero-order chi connectivity index (χ0) is 15.4. The maximum absolute atomic E-state index is 6.63. The fourth-order valence-corrected chi connectivity index (χ4v) is 2.90. The van der Waals surface area contributed by atoms with Crippen LogP contribution in [0.4, 0.5) is 0 Å². The highest BCUT2D eigenvalue weighted by Gasteiger charge is 2.16. The van der Waals surface area contributed by atoms with Gasteiger partial charge in [0, 0.05) is 0 Å². The third-order valence-electron chi connectivity index (χ3n) is 3.61. The highest BCUT2D eigenvalue weighted by Crippen LogP contribution is 2.36. The van der Waals surface area contributed by atoms with E-state index in [-0.39, 0.29) is 5.38 Å². The zero-order valence-electron chi connectivity index (χ0n) is 12.9. The van der Waals surface area contributed by atoms with Crippen molar-refractivity contribution in [3.8, 4) is 11.5 Å². The Bertz CT molecular complexity index is 623. The van der Waals surface area contributed by atoms with Gasteiger partial charge in [-0.1, -0.05) is 29.8 Å². The molecule has 112 valence electrons. The molecule has 0 aliphatic heterocycles. The quantitative estimate of drug-likeness (QED) is 0.736. The number of alkyl halides is 1. The smallest absolute Gasteiger partial charge is 0.161 e. The van der Waals surface area contributed by atoms with Crippen molar-refractivity contribution in [2.24, 2.45) is 0 Å². The van der Waals surface area contributed by atoms with Gasteiger partial charge in [0.1, 0.15) is 0 Å². The Hall–Kier alpha value is -1.67. The van der Waals surface area contributed by atoms with Crippen LogP contribution in [0.25, 0.3) is 0 Å². The minimum atomic E-state index is -0.0911. The van der Waals surface area contributed by atoms with E-state index in [2.05, 4.69) is 31.2 Å². The molecule has 3 heteroatoms. The van der Waals surface area contributed by atoms with E-state index in [1.54, 1.807) is 14.2 Å². The normalized spacial score (nSPS) is 12.0. The van der Waals surface area contributed by atoms with Crippen LogP contribution in [0.3, 0.4) is 0 Å². The first-order chi connectivity index (χ1) is 10.0. The van der Waals surface area contributed by atoms with Crippen LogP contribution < -0.4 is 9.47 Å². The summed E-state index contributed by atoms with van der Waals surface area (Å²) in [7, 11) is 3.28. The van der Waals surface area contributed by atoms with E-state index in [4.69, 9.17) is 21.1 Å². The second-order valence-electron chi connectivity index (χ2n) is 5.22. The minimum absolute atomic E-state index is 0.0911. The van der Waals surface area contributed by atoms with Crippen molar-refractivity contribution < 1.29 is 9.47 Å². The largest absolute Gasteiger partial charge is 0.493 e. The van der Waals surface area contributed by atoms with Crippen LogP contribution in [0.15, 0.2) is 36.4 Å². The Kier molecular flexibility index (Phi) is 5.13. The number of methoxy groups -OCH3 is 2. The standard InChI is InChI=1S/C18H21ClO2/c1-12-6-5-7-14(8-12)10-16(19)15-11-18(21-4)17(20-3)9-13(15)2/h5-9,11,16H,10H2,1-4H3. The zero-order valence-corrected chi connectivity index (χ0v) is 13.7. The van der Waals surface area contributed by atoms with Gasteiger partial charge in [-0.05, 0) is 49.1 Å². The molecule has 0 spiro atoms. The minimum Gasteiger partial charge on any atom is -0.493 e. The van der Waals surface area contributed by atoms with Gasteiger partial charge in [-0.15, -0.1) is 11.6 Å². The Morgan fingerprint density at radius 1 is 1.00 bits per heavy atom. The molecule has 0 heterocycles. The molecule has 1 unspecified atom stereocenters. The average molecular weight is 305 g/mol. The van der Waals surface area contributed by atoms with Gasteiger partial charge in [0.15, 0.2) is 11.5 Å². The number of benzene rings is 2. The van der Waals surface area contributed by atoms with Crippen molar-refractivity contribution in [1.29, 1.82) is 0 Å². The Morgan fingerprint density at radius 2 is 1.67 bits per heavy atom. The van der Waals surface area contributed by atoms with Crippen LogP contribution in [-0.2, 0) is 6.42 Å². The number of rotatable bonds is 5. The first-order valence-corrected chi connectivity index (χ1v) is 7.41. The van der Waals surface area contributed by atoms with Crippen LogP contribution in [0, 0.1) is 13.8 Å². The van der Waals surface area contributed by atoms with Crippen molar-refractivity contribution in [2.75, 3.05) is 14.2 Å². The SMILES string of the molecule is COc1cc(C)c(C(Cl)Cc2cccc(C)c2)cc1OC. The molecule has 0 bridgehead atoms. The summed E-state index contributed by atoms with van der Waals surface area (Å²) < 4.78 is 10.7. The van der Waals surface area contributed by atoms with Gasteiger partial charge < -0.3 is 9.47 Å². The molecule has 0 saturated heterocycles. The molecule has 2 nitrogen and oxygen atoms in total. The highest BCUT2D eigenvalue weighted by molar-refractivity contribution is 6.21. The number of ether oxygens (including phenoxy) is 2. The molecule has 0 aliphatic carbocycles. The summed E-state index contributed by atoms with van der Waals surface area (Å²) >= 11 is 6.63. The Balaban J connectivity index is 2.28. The predicted octanol–water partition coefficient (Wildman–Crippen LogP) is 4.84. The molecule has 2 aromatic rings. The Labute approximate surface area is 131 Å². The second-order valence-corrected chi connectivity index (χ2v) is 5.75. The van der Waals surface area contributed by atoms with Crippen molar-refractivity contribution in [3.63, 3.8) is 0 Å². The fraction of sp³-hybridized carbons (Fsp3) is 0.333. The van der Waals surface area contributed by atoms with E-state index < -0.39 is 0 Å². The molecule has 0 aliphatic rings. The van der Waals surface area contributed by atoms with Crippen LogP contribution in [0.5, 0.6) is 11.5 Å². The van der Waals surface area contributed by atoms with Crippen LogP contribution in [0.1, 0.15) is 27.6 Å². The van der Waals surface area contributed by atoms with Gasteiger partial charge in [-0.25, -0.2) is 0 Å². The van der Waals surface area contributed by atoms with Gasteiger partial charge in [0.2, 0.25) is 0 Å². The molecule has 2 rings (SSSR count). The third-order valence-corrected chi connectivity index (χ3v) is 4.00. The van der Waals surface area contributed by atoms with Crippen LogP contribution >= 0.6 is 11.6 Å². The molecule has 2 aromatic carbocycles. The van der Waals surface area contributed by atoms with E-state index in [1.807, 2.05) is 19.1 Å². The number of hydrogen-bond donors (Lipinski definition) is 0. The average Bonchev–Trinajstić information content (AvgIpc) is 2.46. The van der Waals surface area contributed by atoms with E-state index in [0.29, 0.717) is 5.75 Å². The van der Waals surface area contributed by atoms with Gasteiger partial charge in [-0.2, -0.15) is 0 Å². The molecule has 0 aromatic heterocycles. The second kappa shape index (κ2) is 6.86. The number of hydrogen-bond acceptors (Lipinski definition) is 2. The molecule has 0 radical (unpaired) electrons. The first kappa shape index (κ1) is 15.7. The van der Waals surface area contributed by atoms with Crippen molar-refractivity contribution in [3.05, 3.63) is 58.7 Å². The Morgan fingerprint density at radius 3 is 2.29 bits per heavy atom. The highest BCUT2D eigenvalue weighted by atomic mass is 35.5. The maximum atomic E-state index is 6.63. The summed E-state index contributed by atoms with van der Waals surface area (Å²) in [5.41, 5.74) is 4.68. The summed E-state index contributed by atoms with van der Waals surface area (Å²) in [6.07, 6.45) is 0.791. The third kappa shape index (κ3) is 3.70. The molecule has 1 atom stereocenters. The van der Waals surface area contributed by atoms with Gasteiger partial charge in [-0.3, -0.25) is 0 Å². The molecular weight excluding hydrogens is 284 g/mol. The summed E-state index contributed by atoms with van der Waals surface area (Å²) in [6, 6.07) is 12.4. The van der Waals surface area contributed by atoms with Gasteiger partial charge in [0.25, 0.3) is 0 Å². The van der Waals surface area contributed by atoms with Crippen LogP contribution in [-0.4, -0.2) is 14.2 Å². The lowest BCUT2D eigenvalue weighted by atomic mass is 9.98. The fourth-order valence-electron chi connectivity index (χ4n) is 2.49. The molecule has 0 saturated carbocycles. The lowest BCUT2D eigenvalue weighted by molar-refractivity contribution is 0.354. The summed E-state index contributed by atoms with van der Waals surface area (Å²) in [6.45, 7) is 4.14. The van der Waals surface area contributed by atoms with Gasteiger partial charge >= 0.3 is 0 Å². The van der Waals surface area contributed by atoms with E-state index in [1.165, 1.54) is 11.1 Å². The summed E-state index contributed by atoms with van der Waals surface area (Å²) in [4.78, 5) is 0. The number of aryl methyl sites for hydroxylation is 2. The topological polar surface area (TPSA) is 18.5 Å². The monoisotopic (exact) mass is 304 g/mol. The lowest BCUT2D eigenvalue weighted by Crippen LogP contribution is -2.01. The first-order valence-electron chi connectivity index (χ1n) is 6.97.